The van der Waals surface area contributed by atoms with Gasteiger partial charge in [-0.05, 0) is 50.3 Å². The van der Waals surface area contributed by atoms with Crippen LogP contribution in [-0.2, 0) is 11.3 Å². The van der Waals surface area contributed by atoms with Crippen molar-refractivity contribution in [2.24, 2.45) is 0 Å². The van der Waals surface area contributed by atoms with Crippen LogP contribution in [0.5, 0.6) is 6.01 Å². The van der Waals surface area contributed by atoms with Crippen LogP contribution < -0.4 is 20.3 Å². The number of aromatic nitrogens is 5. The van der Waals surface area contributed by atoms with Crippen LogP contribution in [-0.4, -0.2) is 80.8 Å². The molecule has 13 heteroatoms. The maximum Gasteiger partial charge on any atom is 0.326 e. The van der Waals surface area contributed by atoms with Crippen LogP contribution in [0.4, 0.5) is 22.4 Å². The standard InChI is InChI=1S/C34H38N10O3/c1-3-43(20-23-7-5-4-6-8-23)34(45)44(30-14-9-24(16-36-30)26-18-38-33(46-2)39-19-26)29-12-10-27(11-13-29)41-32-37-17-25(15-35)31(42-32)40-28-21-47-22-28/h4-9,14,16-19,27-29H,3,10-13,20-22H2,1-2H3,(H2,37,40,41,42)/t27-,29-. The third-order valence-corrected chi connectivity index (χ3v) is 8.50. The molecule has 2 amide bonds. The highest BCUT2D eigenvalue weighted by molar-refractivity contribution is 5.92. The molecule has 1 saturated carbocycles. The Morgan fingerprint density at radius 2 is 1.68 bits per heavy atom. The molecule has 1 saturated heterocycles. The van der Waals surface area contributed by atoms with Crippen molar-refractivity contribution in [1.82, 2.24) is 29.8 Å². The Labute approximate surface area is 274 Å². The quantitative estimate of drug-likeness (QED) is 0.232. The summed E-state index contributed by atoms with van der Waals surface area (Å²) >= 11 is 0. The van der Waals surface area contributed by atoms with Crippen molar-refractivity contribution >= 4 is 23.6 Å². The minimum Gasteiger partial charge on any atom is -0.467 e. The number of amides is 2. The van der Waals surface area contributed by atoms with Crippen LogP contribution in [0.2, 0.25) is 0 Å². The van der Waals surface area contributed by atoms with Crippen LogP contribution in [0.15, 0.2) is 67.3 Å². The molecule has 47 heavy (non-hydrogen) atoms. The van der Waals surface area contributed by atoms with Gasteiger partial charge in [0.1, 0.15) is 23.3 Å². The SMILES string of the molecule is CCN(Cc1ccccc1)C(=O)N(c1ccc(-c2cnc(OC)nc2)cn1)[C@H]1CC[C@H](Nc2ncc(C#N)c(NC3COC3)n2)CC1. The predicted molar refractivity (Wildman–Crippen MR) is 177 cm³/mol. The van der Waals surface area contributed by atoms with Crippen LogP contribution >= 0.6 is 0 Å². The number of carbonyl (C=O) groups excluding carboxylic acids is 1. The lowest BCUT2D eigenvalue weighted by atomic mass is 9.90. The molecule has 0 radical (unpaired) electrons. The number of anilines is 3. The van der Waals surface area contributed by atoms with Gasteiger partial charge in [-0.1, -0.05) is 30.3 Å². The fourth-order valence-corrected chi connectivity index (χ4v) is 5.80. The van der Waals surface area contributed by atoms with Gasteiger partial charge in [0.25, 0.3) is 0 Å². The first-order valence-corrected chi connectivity index (χ1v) is 15.9. The van der Waals surface area contributed by atoms with E-state index >= 15 is 0 Å². The normalized spacial score (nSPS) is 17.6. The Bertz CT molecular complexity index is 1670. The number of nitrogens with zero attached hydrogens (tertiary/aromatic N) is 8. The summed E-state index contributed by atoms with van der Waals surface area (Å²) < 4.78 is 10.3. The molecule has 2 aliphatic rings. The highest BCUT2D eigenvalue weighted by Crippen LogP contribution is 2.31. The lowest BCUT2D eigenvalue weighted by Crippen LogP contribution is -2.50. The first-order chi connectivity index (χ1) is 23.0. The van der Waals surface area contributed by atoms with Gasteiger partial charge in [-0.3, -0.25) is 4.90 Å². The Kier molecular flexibility index (Phi) is 9.98. The fraction of sp³-hybridized carbons (Fsp3) is 0.382. The molecular formula is C34H38N10O3. The summed E-state index contributed by atoms with van der Waals surface area (Å²) in [6.45, 7) is 4.24. The van der Waals surface area contributed by atoms with E-state index in [1.165, 1.54) is 7.11 Å². The molecule has 2 N–H and O–H groups in total. The minimum absolute atomic E-state index is 0.0502. The van der Waals surface area contributed by atoms with E-state index in [0.29, 0.717) is 55.5 Å². The second-order valence-electron chi connectivity index (χ2n) is 11.6. The van der Waals surface area contributed by atoms with Crippen molar-refractivity contribution in [3.05, 3.63) is 78.4 Å². The van der Waals surface area contributed by atoms with Gasteiger partial charge in [0, 0.05) is 54.9 Å². The molecule has 2 fully saturated rings. The average molecular weight is 635 g/mol. The number of urea groups is 1. The number of carbonyl (C=O) groups is 1. The predicted octanol–water partition coefficient (Wildman–Crippen LogP) is 4.89. The average Bonchev–Trinajstić information content (AvgIpc) is 3.10. The van der Waals surface area contributed by atoms with Gasteiger partial charge >= 0.3 is 12.0 Å². The molecule has 1 aliphatic heterocycles. The van der Waals surface area contributed by atoms with E-state index in [1.54, 1.807) is 24.8 Å². The van der Waals surface area contributed by atoms with Crippen molar-refractivity contribution < 1.29 is 14.3 Å². The maximum absolute atomic E-state index is 14.3. The number of ether oxygens (including phenoxy) is 2. The zero-order chi connectivity index (χ0) is 32.6. The fourth-order valence-electron chi connectivity index (χ4n) is 5.80. The van der Waals surface area contributed by atoms with E-state index in [1.807, 2.05) is 59.2 Å². The van der Waals surface area contributed by atoms with Gasteiger partial charge in [0.2, 0.25) is 5.95 Å². The van der Waals surface area contributed by atoms with Crippen molar-refractivity contribution in [3.8, 4) is 23.2 Å². The second kappa shape index (κ2) is 14.8. The zero-order valence-electron chi connectivity index (χ0n) is 26.5. The van der Waals surface area contributed by atoms with Gasteiger partial charge < -0.3 is 25.0 Å². The summed E-state index contributed by atoms with van der Waals surface area (Å²) in [6, 6.07) is 16.4. The van der Waals surface area contributed by atoms with Crippen molar-refractivity contribution in [1.29, 1.82) is 5.26 Å². The summed E-state index contributed by atoms with van der Waals surface area (Å²) in [7, 11) is 1.53. The van der Waals surface area contributed by atoms with Crippen LogP contribution in [0, 0.1) is 11.3 Å². The number of nitrogens with one attached hydrogen (secondary N) is 2. The smallest absolute Gasteiger partial charge is 0.326 e. The molecule has 3 aromatic heterocycles. The molecular weight excluding hydrogens is 596 g/mol. The Morgan fingerprint density at radius 1 is 0.936 bits per heavy atom. The van der Waals surface area contributed by atoms with Crippen molar-refractivity contribution in [3.63, 3.8) is 0 Å². The Morgan fingerprint density at radius 3 is 2.30 bits per heavy atom. The maximum atomic E-state index is 14.3. The van der Waals surface area contributed by atoms with Gasteiger partial charge in [-0.15, -0.1) is 0 Å². The number of pyridine rings is 1. The van der Waals surface area contributed by atoms with Gasteiger partial charge in [-0.2, -0.15) is 10.2 Å². The van der Waals surface area contributed by atoms with E-state index in [0.717, 1.165) is 42.4 Å². The molecule has 0 spiro atoms. The molecule has 1 aromatic carbocycles. The topological polar surface area (TPSA) is 154 Å². The molecule has 0 unspecified atom stereocenters. The number of hydrogen-bond donors (Lipinski definition) is 2. The largest absolute Gasteiger partial charge is 0.467 e. The summed E-state index contributed by atoms with van der Waals surface area (Å²) in [6.07, 6.45) is 9.83. The lowest BCUT2D eigenvalue weighted by molar-refractivity contribution is 0.0209. The second-order valence-corrected chi connectivity index (χ2v) is 11.6. The molecule has 1 aliphatic carbocycles. The van der Waals surface area contributed by atoms with Crippen LogP contribution in [0.25, 0.3) is 11.1 Å². The highest BCUT2D eigenvalue weighted by Gasteiger charge is 2.33. The van der Waals surface area contributed by atoms with Crippen LogP contribution in [0.3, 0.4) is 0 Å². The first-order valence-electron chi connectivity index (χ1n) is 15.9. The lowest BCUT2D eigenvalue weighted by Gasteiger charge is -2.39. The van der Waals surface area contributed by atoms with E-state index in [2.05, 4.69) is 36.6 Å². The summed E-state index contributed by atoms with van der Waals surface area (Å²) in [5, 5.41) is 16.2. The number of methoxy groups -OCH3 is 1. The number of rotatable bonds is 11. The van der Waals surface area contributed by atoms with Crippen molar-refractivity contribution in [2.75, 3.05) is 42.4 Å². The zero-order valence-corrected chi connectivity index (χ0v) is 26.5. The summed E-state index contributed by atoms with van der Waals surface area (Å²) in [5.41, 5.74) is 3.11. The van der Waals surface area contributed by atoms with Gasteiger partial charge in [0.05, 0.1) is 32.6 Å². The van der Waals surface area contributed by atoms with E-state index in [9.17, 15) is 10.1 Å². The van der Waals surface area contributed by atoms with Crippen molar-refractivity contribution in [2.45, 2.75) is 57.3 Å². The number of benzene rings is 1. The van der Waals surface area contributed by atoms with E-state index in [-0.39, 0.29) is 24.2 Å². The molecule has 4 aromatic rings. The third-order valence-electron chi connectivity index (χ3n) is 8.50. The Hall–Kier alpha value is -5.35. The molecule has 13 nitrogen and oxygen atoms in total. The van der Waals surface area contributed by atoms with Gasteiger partial charge in [0.15, 0.2) is 0 Å². The Balaban J connectivity index is 1.19. The number of nitriles is 1. The first kappa shape index (κ1) is 31.6. The monoisotopic (exact) mass is 634 g/mol. The molecule has 0 bridgehead atoms. The molecule has 6 rings (SSSR count). The van der Waals surface area contributed by atoms with Crippen LogP contribution in [0.1, 0.15) is 43.7 Å². The van der Waals surface area contributed by atoms with E-state index < -0.39 is 0 Å². The summed E-state index contributed by atoms with van der Waals surface area (Å²) in [4.78, 5) is 40.2. The molecule has 4 heterocycles. The van der Waals surface area contributed by atoms with Gasteiger partial charge in [-0.25, -0.2) is 24.7 Å². The van der Waals surface area contributed by atoms with E-state index in [4.69, 9.17) is 14.5 Å². The summed E-state index contributed by atoms with van der Waals surface area (Å²) in [5.74, 6) is 1.59. The molecule has 0 atom stereocenters. The highest BCUT2D eigenvalue weighted by atomic mass is 16.5. The molecule has 242 valence electrons. The minimum atomic E-state index is -0.0769. The number of hydrogen-bond acceptors (Lipinski definition) is 11. The third kappa shape index (κ3) is 7.56.